The van der Waals surface area contributed by atoms with Crippen LogP contribution >= 0.6 is 11.8 Å². The summed E-state index contributed by atoms with van der Waals surface area (Å²) in [7, 11) is 1.94. The van der Waals surface area contributed by atoms with Crippen LogP contribution in [-0.2, 0) is 0 Å². The standard InChI is InChI=1S/C8H11NS.C2H6/c1-9-7-5-3-4-6-8(7)10-2;1-2/h3-6,9H,1-2H3;1-2H3. The van der Waals surface area contributed by atoms with Crippen molar-refractivity contribution in [3.63, 3.8) is 0 Å². The molecule has 0 aliphatic rings. The molecular formula is C10H17NS. The Balaban J connectivity index is 0.000000561. The molecule has 0 atom stereocenters. The Morgan fingerprint density at radius 2 is 1.75 bits per heavy atom. The number of hydrogen-bond acceptors (Lipinski definition) is 2. The van der Waals surface area contributed by atoms with E-state index in [4.69, 9.17) is 0 Å². The highest BCUT2D eigenvalue weighted by molar-refractivity contribution is 7.98. The van der Waals surface area contributed by atoms with Crippen molar-refractivity contribution in [1.29, 1.82) is 0 Å². The van der Waals surface area contributed by atoms with E-state index in [-0.39, 0.29) is 0 Å². The molecule has 12 heavy (non-hydrogen) atoms. The smallest absolute Gasteiger partial charge is 0.0475 e. The Hall–Kier alpha value is -0.630. The van der Waals surface area contributed by atoms with Crippen molar-refractivity contribution in [2.24, 2.45) is 0 Å². The highest BCUT2D eigenvalue weighted by atomic mass is 32.2. The van der Waals surface area contributed by atoms with Crippen LogP contribution in [0.3, 0.4) is 0 Å². The van der Waals surface area contributed by atoms with Crippen molar-refractivity contribution >= 4 is 17.4 Å². The van der Waals surface area contributed by atoms with Gasteiger partial charge >= 0.3 is 0 Å². The molecule has 0 aliphatic heterocycles. The fourth-order valence-electron chi connectivity index (χ4n) is 0.851. The lowest BCUT2D eigenvalue weighted by Crippen LogP contribution is -1.88. The van der Waals surface area contributed by atoms with Gasteiger partial charge in [0.05, 0.1) is 0 Å². The minimum absolute atomic E-state index is 1.20. The van der Waals surface area contributed by atoms with Crippen molar-refractivity contribution in [3.05, 3.63) is 24.3 Å². The van der Waals surface area contributed by atoms with Crippen molar-refractivity contribution in [3.8, 4) is 0 Å². The molecule has 0 saturated heterocycles. The number of rotatable bonds is 2. The molecule has 0 bridgehead atoms. The molecule has 0 heterocycles. The van der Waals surface area contributed by atoms with Crippen LogP contribution in [0.15, 0.2) is 29.2 Å². The molecule has 0 fully saturated rings. The fraction of sp³-hybridized carbons (Fsp3) is 0.400. The van der Waals surface area contributed by atoms with Gasteiger partial charge in [-0.3, -0.25) is 0 Å². The first-order valence-corrected chi connectivity index (χ1v) is 5.41. The molecule has 0 unspecified atom stereocenters. The lowest BCUT2D eigenvalue weighted by Gasteiger charge is -2.03. The molecule has 0 spiro atoms. The van der Waals surface area contributed by atoms with E-state index in [1.165, 1.54) is 10.6 Å². The summed E-state index contributed by atoms with van der Waals surface area (Å²) >= 11 is 1.76. The lowest BCUT2D eigenvalue weighted by molar-refractivity contribution is 1.39. The van der Waals surface area contributed by atoms with E-state index >= 15 is 0 Å². The van der Waals surface area contributed by atoms with Crippen LogP contribution in [0, 0.1) is 0 Å². The van der Waals surface area contributed by atoms with Gasteiger partial charge < -0.3 is 5.32 Å². The monoisotopic (exact) mass is 183 g/mol. The molecule has 2 heteroatoms. The Bertz CT molecular complexity index is 188. The van der Waals surface area contributed by atoms with E-state index in [2.05, 4.69) is 23.7 Å². The zero-order chi connectivity index (χ0) is 9.40. The first kappa shape index (κ1) is 11.4. The summed E-state index contributed by atoms with van der Waals surface area (Å²) in [6.07, 6.45) is 2.08. The maximum Gasteiger partial charge on any atom is 0.0475 e. The van der Waals surface area contributed by atoms with E-state index in [0.29, 0.717) is 0 Å². The molecule has 0 aromatic heterocycles. The fourth-order valence-corrected chi connectivity index (χ4v) is 1.46. The summed E-state index contributed by atoms with van der Waals surface area (Å²) in [6, 6.07) is 8.26. The second kappa shape index (κ2) is 7.04. The second-order valence-corrected chi connectivity index (χ2v) is 2.80. The second-order valence-electron chi connectivity index (χ2n) is 1.95. The van der Waals surface area contributed by atoms with E-state index < -0.39 is 0 Å². The Labute approximate surface area is 79.6 Å². The average molecular weight is 183 g/mol. The summed E-state index contributed by atoms with van der Waals surface area (Å²) in [5.74, 6) is 0. The number of benzene rings is 1. The van der Waals surface area contributed by atoms with Crippen molar-refractivity contribution in [2.75, 3.05) is 18.6 Å². The molecule has 1 N–H and O–H groups in total. The van der Waals surface area contributed by atoms with Crippen molar-refractivity contribution in [2.45, 2.75) is 18.7 Å². The molecule has 1 rings (SSSR count). The van der Waals surface area contributed by atoms with Gasteiger partial charge in [-0.1, -0.05) is 26.0 Å². The van der Waals surface area contributed by atoms with Gasteiger partial charge in [-0.05, 0) is 18.4 Å². The van der Waals surface area contributed by atoms with Crippen LogP contribution in [0.4, 0.5) is 5.69 Å². The van der Waals surface area contributed by atoms with Gasteiger partial charge in [0.15, 0.2) is 0 Å². The number of hydrogen-bond donors (Lipinski definition) is 1. The van der Waals surface area contributed by atoms with Crippen LogP contribution in [0.1, 0.15) is 13.8 Å². The Kier molecular flexibility index (Phi) is 6.67. The summed E-state index contributed by atoms with van der Waals surface area (Å²) < 4.78 is 0. The number of nitrogens with one attached hydrogen (secondary N) is 1. The van der Waals surface area contributed by atoms with Crippen molar-refractivity contribution in [1.82, 2.24) is 0 Å². The molecule has 1 aromatic rings. The Morgan fingerprint density at radius 3 is 2.17 bits per heavy atom. The van der Waals surface area contributed by atoms with Gasteiger partial charge in [-0.25, -0.2) is 0 Å². The van der Waals surface area contributed by atoms with Crippen LogP contribution in [0.5, 0.6) is 0 Å². The molecular weight excluding hydrogens is 166 g/mol. The summed E-state index contributed by atoms with van der Waals surface area (Å²) in [6.45, 7) is 4.00. The maximum absolute atomic E-state index is 3.13. The first-order valence-electron chi connectivity index (χ1n) is 4.19. The van der Waals surface area contributed by atoms with Gasteiger partial charge in [-0.15, -0.1) is 11.8 Å². The summed E-state index contributed by atoms with van der Waals surface area (Å²) in [5, 5.41) is 3.13. The molecule has 0 aliphatic carbocycles. The van der Waals surface area contributed by atoms with E-state index in [0.717, 1.165) is 0 Å². The average Bonchev–Trinajstić information content (AvgIpc) is 2.20. The third-order valence-corrected chi connectivity index (χ3v) is 2.17. The highest BCUT2D eigenvalue weighted by Crippen LogP contribution is 2.23. The van der Waals surface area contributed by atoms with Gasteiger partial charge in [0.1, 0.15) is 0 Å². The van der Waals surface area contributed by atoms with E-state index in [1.54, 1.807) is 11.8 Å². The van der Waals surface area contributed by atoms with Crippen LogP contribution in [-0.4, -0.2) is 13.3 Å². The molecule has 1 aromatic carbocycles. The molecule has 1 nitrogen and oxygen atoms in total. The SMILES string of the molecule is CC.CNc1ccccc1SC. The molecule has 0 radical (unpaired) electrons. The molecule has 0 amide bonds. The third-order valence-electron chi connectivity index (χ3n) is 1.38. The maximum atomic E-state index is 3.13. The largest absolute Gasteiger partial charge is 0.387 e. The summed E-state index contributed by atoms with van der Waals surface area (Å²) in [5.41, 5.74) is 1.20. The Morgan fingerprint density at radius 1 is 1.17 bits per heavy atom. The van der Waals surface area contributed by atoms with Crippen LogP contribution in [0.2, 0.25) is 0 Å². The van der Waals surface area contributed by atoms with Gasteiger partial charge in [0.25, 0.3) is 0 Å². The number of anilines is 1. The number of thioether (sulfide) groups is 1. The highest BCUT2D eigenvalue weighted by Gasteiger charge is 1.94. The summed E-state index contributed by atoms with van der Waals surface area (Å²) in [4.78, 5) is 1.30. The van der Waals surface area contributed by atoms with Crippen LogP contribution < -0.4 is 5.32 Å². The van der Waals surface area contributed by atoms with Crippen molar-refractivity contribution < 1.29 is 0 Å². The molecule has 0 saturated carbocycles. The minimum atomic E-state index is 1.20. The van der Waals surface area contributed by atoms with E-state index in [9.17, 15) is 0 Å². The topological polar surface area (TPSA) is 12.0 Å². The van der Waals surface area contributed by atoms with E-state index in [1.807, 2.05) is 33.0 Å². The zero-order valence-electron chi connectivity index (χ0n) is 8.22. The normalized spacial score (nSPS) is 8.33. The van der Waals surface area contributed by atoms with Gasteiger partial charge in [-0.2, -0.15) is 0 Å². The van der Waals surface area contributed by atoms with Crippen LogP contribution in [0.25, 0.3) is 0 Å². The van der Waals surface area contributed by atoms with Gasteiger partial charge in [0.2, 0.25) is 0 Å². The lowest BCUT2D eigenvalue weighted by atomic mass is 10.3. The predicted octanol–water partition coefficient (Wildman–Crippen LogP) is 3.48. The first-order chi connectivity index (χ1) is 5.88. The quantitative estimate of drug-likeness (QED) is 0.704. The predicted molar refractivity (Wildman–Crippen MR) is 59.1 cm³/mol. The van der Waals surface area contributed by atoms with Gasteiger partial charge in [0, 0.05) is 17.6 Å². The number of para-hydroxylation sites is 1. The minimum Gasteiger partial charge on any atom is -0.387 e. The third kappa shape index (κ3) is 3.18. The molecule has 68 valence electrons. The zero-order valence-corrected chi connectivity index (χ0v) is 9.03.